The standard InChI is InChI=1S/C20H21NO5S2/c1-4-15(3)27(22,23)20-19(28(24,25)17-8-6-5-7-9-17)21-18(26-20)16-12-10-14(2)11-13-16/h5-13,15H,4H2,1-3H3/t15-/m1/s1. The number of hydrogen-bond donors (Lipinski definition) is 0. The summed E-state index contributed by atoms with van der Waals surface area (Å²) in [6, 6.07) is 14.6. The third-order valence-corrected chi connectivity index (χ3v) is 8.53. The van der Waals surface area contributed by atoms with Crippen LogP contribution in [0, 0.1) is 6.92 Å². The molecule has 3 aromatic rings. The van der Waals surface area contributed by atoms with E-state index in [1.54, 1.807) is 37.3 Å². The lowest BCUT2D eigenvalue weighted by Crippen LogP contribution is -2.19. The van der Waals surface area contributed by atoms with E-state index >= 15 is 0 Å². The number of hydrogen-bond acceptors (Lipinski definition) is 6. The zero-order valence-electron chi connectivity index (χ0n) is 15.8. The smallest absolute Gasteiger partial charge is 0.258 e. The zero-order chi connectivity index (χ0) is 20.5. The molecule has 0 spiro atoms. The predicted octanol–water partition coefficient (Wildman–Crippen LogP) is 4.06. The molecular formula is C20H21NO5S2. The molecule has 1 aromatic heterocycles. The first-order valence-corrected chi connectivity index (χ1v) is 11.8. The van der Waals surface area contributed by atoms with E-state index in [1.165, 1.54) is 19.1 Å². The fourth-order valence-corrected chi connectivity index (χ4v) is 5.74. The maximum absolute atomic E-state index is 13.1. The van der Waals surface area contributed by atoms with Crippen molar-refractivity contribution in [1.29, 1.82) is 0 Å². The number of nitrogens with zero attached hydrogens (tertiary/aromatic N) is 1. The summed E-state index contributed by atoms with van der Waals surface area (Å²) >= 11 is 0. The van der Waals surface area contributed by atoms with E-state index in [9.17, 15) is 16.8 Å². The normalized spacial score (nSPS) is 13.4. The maximum Gasteiger partial charge on any atom is 0.258 e. The van der Waals surface area contributed by atoms with Crippen molar-refractivity contribution in [3.8, 4) is 11.5 Å². The minimum absolute atomic E-state index is 0.0423. The number of rotatable bonds is 6. The molecule has 6 nitrogen and oxygen atoms in total. The fourth-order valence-electron chi connectivity index (χ4n) is 2.57. The highest BCUT2D eigenvalue weighted by atomic mass is 32.2. The van der Waals surface area contributed by atoms with Crippen molar-refractivity contribution in [1.82, 2.24) is 4.98 Å². The van der Waals surface area contributed by atoms with E-state index in [1.807, 2.05) is 19.1 Å². The Bertz CT molecular complexity index is 1180. The molecule has 0 saturated carbocycles. The van der Waals surface area contributed by atoms with E-state index in [-0.39, 0.29) is 10.8 Å². The van der Waals surface area contributed by atoms with Crippen molar-refractivity contribution < 1.29 is 21.3 Å². The molecule has 0 radical (unpaired) electrons. The van der Waals surface area contributed by atoms with Gasteiger partial charge in [0.05, 0.1) is 10.1 Å². The van der Waals surface area contributed by atoms with E-state index < -0.39 is 35.0 Å². The Morgan fingerprint density at radius 2 is 1.57 bits per heavy atom. The third kappa shape index (κ3) is 3.62. The molecular weight excluding hydrogens is 398 g/mol. The Kier molecular flexibility index (Phi) is 5.45. The van der Waals surface area contributed by atoms with Gasteiger partial charge in [0, 0.05) is 5.56 Å². The first kappa shape index (κ1) is 20.3. The van der Waals surface area contributed by atoms with Gasteiger partial charge in [-0.05, 0) is 44.5 Å². The van der Waals surface area contributed by atoms with E-state index in [4.69, 9.17) is 4.42 Å². The highest BCUT2D eigenvalue weighted by Gasteiger charge is 2.37. The molecule has 8 heteroatoms. The van der Waals surface area contributed by atoms with Gasteiger partial charge in [0.25, 0.3) is 5.09 Å². The summed E-state index contributed by atoms with van der Waals surface area (Å²) in [5.41, 5.74) is 1.50. The SMILES string of the molecule is CC[C@@H](C)S(=O)(=O)c1oc(-c2ccc(C)cc2)nc1S(=O)(=O)c1ccccc1. The number of benzene rings is 2. The maximum atomic E-state index is 13.1. The fraction of sp³-hybridized carbons (Fsp3) is 0.250. The Hall–Kier alpha value is -2.45. The van der Waals surface area contributed by atoms with Gasteiger partial charge < -0.3 is 4.42 Å². The molecule has 0 N–H and O–H groups in total. The minimum atomic E-state index is -4.17. The summed E-state index contributed by atoms with van der Waals surface area (Å²) < 4.78 is 57.7. The Labute approximate surface area is 165 Å². The Balaban J connectivity index is 2.27. The third-order valence-electron chi connectivity index (χ3n) is 4.54. The average molecular weight is 420 g/mol. The molecule has 148 valence electrons. The van der Waals surface area contributed by atoms with Gasteiger partial charge in [-0.15, -0.1) is 0 Å². The van der Waals surface area contributed by atoms with E-state index in [0.29, 0.717) is 12.0 Å². The number of aryl methyl sites for hydroxylation is 1. The molecule has 0 saturated heterocycles. The van der Waals surface area contributed by atoms with Gasteiger partial charge in [-0.1, -0.05) is 42.8 Å². The molecule has 0 amide bonds. The first-order valence-electron chi connectivity index (χ1n) is 8.79. The highest BCUT2D eigenvalue weighted by Crippen LogP contribution is 2.34. The van der Waals surface area contributed by atoms with Gasteiger partial charge in [0.1, 0.15) is 0 Å². The Morgan fingerprint density at radius 1 is 0.964 bits per heavy atom. The lowest BCUT2D eigenvalue weighted by atomic mass is 10.1. The van der Waals surface area contributed by atoms with Crippen molar-refractivity contribution >= 4 is 19.7 Å². The van der Waals surface area contributed by atoms with Crippen LogP contribution in [0.25, 0.3) is 11.5 Å². The molecule has 3 rings (SSSR count). The summed E-state index contributed by atoms with van der Waals surface area (Å²) in [5, 5.41) is -1.99. The summed E-state index contributed by atoms with van der Waals surface area (Å²) in [4.78, 5) is 4.07. The van der Waals surface area contributed by atoms with E-state index in [2.05, 4.69) is 4.98 Å². The van der Waals surface area contributed by atoms with Crippen LogP contribution >= 0.6 is 0 Å². The molecule has 28 heavy (non-hydrogen) atoms. The lowest BCUT2D eigenvalue weighted by molar-refractivity contribution is 0.441. The molecule has 0 aliphatic heterocycles. The molecule has 1 atom stereocenters. The summed E-state index contributed by atoms with van der Waals surface area (Å²) in [5.74, 6) is -0.0450. The lowest BCUT2D eigenvalue weighted by Gasteiger charge is -2.09. The molecule has 0 aliphatic rings. The molecule has 0 fully saturated rings. The van der Waals surface area contributed by atoms with E-state index in [0.717, 1.165) is 5.56 Å². The largest absolute Gasteiger partial charge is 0.423 e. The second-order valence-corrected chi connectivity index (χ2v) is 10.7. The number of aromatic nitrogens is 1. The van der Waals surface area contributed by atoms with Crippen LogP contribution in [-0.2, 0) is 19.7 Å². The summed E-state index contributed by atoms with van der Waals surface area (Å²) in [6.07, 6.45) is 0.313. The van der Waals surface area contributed by atoms with Crippen molar-refractivity contribution in [3.05, 3.63) is 60.2 Å². The van der Waals surface area contributed by atoms with Crippen LogP contribution in [-0.4, -0.2) is 27.1 Å². The quantitative estimate of drug-likeness (QED) is 0.598. The van der Waals surface area contributed by atoms with Crippen molar-refractivity contribution in [3.63, 3.8) is 0 Å². The first-order chi connectivity index (χ1) is 13.2. The van der Waals surface area contributed by atoms with Crippen molar-refractivity contribution in [2.24, 2.45) is 0 Å². The molecule has 0 unspecified atom stereocenters. The van der Waals surface area contributed by atoms with Gasteiger partial charge in [0.2, 0.25) is 30.6 Å². The average Bonchev–Trinajstić information content (AvgIpc) is 3.15. The van der Waals surface area contributed by atoms with Crippen molar-refractivity contribution in [2.45, 2.75) is 47.5 Å². The second-order valence-electron chi connectivity index (χ2n) is 6.56. The van der Waals surface area contributed by atoms with Crippen LogP contribution in [0.2, 0.25) is 0 Å². The van der Waals surface area contributed by atoms with Crippen molar-refractivity contribution in [2.75, 3.05) is 0 Å². The molecule has 0 bridgehead atoms. The summed E-state index contributed by atoms with van der Waals surface area (Å²) in [6.45, 7) is 5.14. The topological polar surface area (TPSA) is 94.3 Å². The predicted molar refractivity (Wildman–Crippen MR) is 106 cm³/mol. The van der Waals surface area contributed by atoms with Gasteiger partial charge >= 0.3 is 0 Å². The number of oxazole rings is 1. The van der Waals surface area contributed by atoms with Crippen LogP contribution in [0.4, 0.5) is 0 Å². The van der Waals surface area contributed by atoms with Gasteiger partial charge in [-0.2, -0.15) is 4.98 Å². The molecule has 1 heterocycles. The van der Waals surface area contributed by atoms with Gasteiger partial charge in [-0.3, -0.25) is 0 Å². The van der Waals surface area contributed by atoms with Crippen LogP contribution < -0.4 is 0 Å². The zero-order valence-corrected chi connectivity index (χ0v) is 17.4. The Morgan fingerprint density at radius 3 is 2.14 bits per heavy atom. The molecule has 2 aromatic carbocycles. The van der Waals surface area contributed by atoms with Crippen LogP contribution in [0.1, 0.15) is 25.8 Å². The number of sulfone groups is 2. The highest BCUT2D eigenvalue weighted by molar-refractivity contribution is 7.94. The second kappa shape index (κ2) is 7.52. The minimum Gasteiger partial charge on any atom is -0.423 e. The van der Waals surface area contributed by atoms with Crippen LogP contribution in [0.5, 0.6) is 0 Å². The van der Waals surface area contributed by atoms with Gasteiger partial charge in [0.15, 0.2) is 0 Å². The van der Waals surface area contributed by atoms with Gasteiger partial charge in [-0.25, -0.2) is 16.8 Å². The molecule has 0 aliphatic carbocycles. The van der Waals surface area contributed by atoms with Crippen LogP contribution in [0.3, 0.4) is 0 Å². The van der Waals surface area contributed by atoms with Crippen LogP contribution in [0.15, 0.2) is 74.0 Å². The monoisotopic (exact) mass is 419 g/mol. The summed E-state index contributed by atoms with van der Waals surface area (Å²) in [7, 11) is -8.19.